The quantitative estimate of drug-likeness (QED) is 0.873. The van der Waals surface area contributed by atoms with Gasteiger partial charge in [-0.05, 0) is 31.0 Å². The summed E-state index contributed by atoms with van der Waals surface area (Å²) in [6, 6.07) is 7.56. The van der Waals surface area contributed by atoms with Crippen LogP contribution in [0.4, 0.5) is 5.82 Å². The molecule has 0 aliphatic carbocycles. The summed E-state index contributed by atoms with van der Waals surface area (Å²) >= 11 is 0. The molecule has 0 spiro atoms. The topological polar surface area (TPSA) is 81.3 Å². The number of aliphatic hydroxyl groups is 1. The number of aliphatic hydroxyl groups excluding tert-OH is 1. The first kappa shape index (κ1) is 14.3. The summed E-state index contributed by atoms with van der Waals surface area (Å²) in [6.07, 6.45) is 1.34. The average molecular weight is 273 g/mol. The van der Waals surface area contributed by atoms with Crippen molar-refractivity contribution in [2.24, 2.45) is 0 Å². The molecule has 0 aliphatic rings. The van der Waals surface area contributed by atoms with Crippen LogP contribution in [0, 0.1) is 6.92 Å². The van der Waals surface area contributed by atoms with Crippen LogP contribution in [-0.4, -0.2) is 21.7 Å². The van der Waals surface area contributed by atoms with E-state index in [-0.39, 0.29) is 6.61 Å². The molecule has 1 aromatic carbocycles. The number of hydrogen-bond donors (Lipinski definition) is 2. The maximum atomic E-state index is 8.89. The molecule has 1 heterocycles. The van der Waals surface area contributed by atoms with Crippen LogP contribution in [0.2, 0.25) is 0 Å². The zero-order valence-corrected chi connectivity index (χ0v) is 11.8. The Morgan fingerprint density at radius 3 is 2.50 bits per heavy atom. The molecule has 1 aromatic heterocycles. The van der Waals surface area contributed by atoms with Crippen molar-refractivity contribution in [3.8, 4) is 11.6 Å². The predicted molar refractivity (Wildman–Crippen MR) is 77.9 cm³/mol. The Balaban J connectivity index is 2.22. The number of anilines is 1. The van der Waals surface area contributed by atoms with Gasteiger partial charge in [-0.25, -0.2) is 4.98 Å². The minimum absolute atomic E-state index is 0.140. The van der Waals surface area contributed by atoms with E-state index in [0.717, 1.165) is 11.1 Å². The lowest BCUT2D eigenvalue weighted by Gasteiger charge is -2.11. The van der Waals surface area contributed by atoms with Crippen LogP contribution in [0.25, 0.3) is 0 Å². The molecule has 106 valence electrons. The lowest BCUT2D eigenvalue weighted by Crippen LogP contribution is -2.04. The number of aromatic nitrogens is 2. The zero-order chi connectivity index (χ0) is 14.5. The first-order valence-corrected chi connectivity index (χ1v) is 6.64. The van der Waals surface area contributed by atoms with Gasteiger partial charge in [-0.3, -0.25) is 0 Å². The third-order valence-corrected chi connectivity index (χ3v) is 3.04. The van der Waals surface area contributed by atoms with E-state index in [1.54, 1.807) is 0 Å². The van der Waals surface area contributed by atoms with Crippen LogP contribution in [0.3, 0.4) is 0 Å². The SMILES string of the molecule is CCc1nc(N)c(C)c(Oc2ccc(CCO)cc2)n1. The minimum atomic E-state index is 0.140. The Kier molecular flexibility index (Phi) is 4.53. The van der Waals surface area contributed by atoms with Crippen LogP contribution in [0.1, 0.15) is 23.9 Å². The molecule has 0 unspecified atom stereocenters. The van der Waals surface area contributed by atoms with Crippen molar-refractivity contribution in [3.05, 3.63) is 41.2 Å². The molecule has 0 saturated heterocycles. The predicted octanol–water partition coefficient (Wildman–Crippen LogP) is 2.26. The van der Waals surface area contributed by atoms with Crippen molar-refractivity contribution in [3.63, 3.8) is 0 Å². The van der Waals surface area contributed by atoms with Crippen LogP contribution in [-0.2, 0) is 12.8 Å². The van der Waals surface area contributed by atoms with Gasteiger partial charge in [0.15, 0.2) is 0 Å². The Morgan fingerprint density at radius 1 is 1.20 bits per heavy atom. The van der Waals surface area contributed by atoms with Crippen LogP contribution in [0.15, 0.2) is 24.3 Å². The van der Waals surface area contributed by atoms with Gasteiger partial charge in [0, 0.05) is 13.0 Å². The highest BCUT2D eigenvalue weighted by Gasteiger charge is 2.10. The number of rotatable bonds is 5. The average Bonchev–Trinajstić information content (AvgIpc) is 2.46. The fourth-order valence-electron chi connectivity index (χ4n) is 1.78. The van der Waals surface area contributed by atoms with Crippen molar-refractivity contribution >= 4 is 5.82 Å². The molecule has 5 heteroatoms. The Labute approximate surface area is 118 Å². The van der Waals surface area contributed by atoms with Crippen LogP contribution < -0.4 is 10.5 Å². The fourth-order valence-corrected chi connectivity index (χ4v) is 1.78. The lowest BCUT2D eigenvalue weighted by atomic mass is 10.1. The first-order chi connectivity index (χ1) is 9.63. The number of ether oxygens (including phenoxy) is 1. The molecule has 3 N–H and O–H groups in total. The van der Waals surface area contributed by atoms with E-state index in [9.17, 15) is 0 Å². The van der Waals surface area contributed by atoms with Gasteiger partial charge in [0.2, 0.25) is 5.88 Å². The normalized spacial score (nSPS) is 10.6. The largest absolute Gasteiger partial charge is 0.439 e. The Hall–Kier alpha value is -2.14. The molecule has 0 amide bonds. The van der Waals surface area contributed by atoms with Crippen LogP contribution >= 0.6 is 0 Å². The molecular formula is C15H19N3O2. The number of nitrogen functional groups attached to an aromatic ring is 1. The van der Waals surface area contributed by atoms with Crippen LogP contribution in [0.5, 0.6) is 11.6 Å². The van der Waals surface area contributed by atoms with Crippen molar-refractivity contribution < 1.29 is 9.84 Å². The molecule has 0 aliphatic heterocycles. The summed E-state index contributed by atoms with van der Waals surface area (Å²) in [4.78, 5) is 8.54. The van der Waals surface area contributed by atoms with Gasteiger partial charge >= 0.3 is 0 Å². The van der Waals surface area contributed by atoms with E-state index in [1.807, 2.05) is 38.1 Å². The number of aryl methyl sites for hydroxylation is 1. The zero-order valence-electron chi connectivity index (χ0n) is 11.8. The maximum Gasteiger partial charge on any atom is 0.227 e. The van der Waals surface area contributed by atoms with Gasteiger partial charge < -0.3 is 15.6 Å². The molecule has 2 aromatic rings. The van der Waals surface area contributed by atoms with Gasteiger partial charge in [0.25, 0.3) is 0 Å². The van der Waals surface area contributed by atoms with E-state index in [2.05, 4.69) is 9.97 Å². The molecule has 5 nitrogen and oxygen atoms in total. The molecule has 0 radical (unpaired) electrons. The molecule has 2 rings (SSSR count). The highest BCUT2D eigenvalue weighted by atomic mass is 16.5. The summed E-state index contributed by atoms with van der Waals surface area (Å²) in [5, 5.41) is 8.89. The van der Waals surface area contributed by atoms with E-state index >= 15 is 0 Å². The number of benzene rings is 1. The van der Waals surface area contributed by atoms with E-state index in [1.165, 1.54) is 0 Å². The van der Waals surface area contributed by atoms with Crippen molar-refractivity contribution in [2.75, 3.05) is 12.3 Å². The first-order valence-electron chi connectivity index (χ1n) is 6.64. The summed E-state index contributed by atoms with van der Waals surface area (Å²) < 4.78 is 5.77. The monoisotopic (exact) mass is 273 g/mol. The number of hydrogen-bond acceptors (Lipinski definition) is 5. The number of nitrogens with zero attached hydrogens (tertiary/aromatic N) is 2. The van der Waals surface area contributed by atoms with E-state index in [0.29, 0.717) is 36.1 Å². The molecular weight excluding hydrogens is 254 g/mol. The second-order valence-corrected chi connectivity index (χ2v) is 4.53. The van der Waals surface area contributed by atoms with Gasteiger partial charge in [-0.15, -0.1) is 0 Å². The summed E-state index contributed by atoms with van der Waals surface area (Å²) in [5.74, 6) is 2.29. The number of nitrogens with two attached hydrogens (primary N) is 1. The maximum absolute atomic E-state index is 8.89. The highest BCUT2D eigenvalue weighted by molar-refractivity contribution is 5.46. The summed E-state index contributed by atoms with van der Waals surface area (Å²) in [6.45, 7) is 3.95. The fraction of sp³-hybridized carbons (Fsp3) is 0.333. The standard InChI is InChI=1S/C15H19N3O2/c1-3-13-17-14(16)10(2)15(18-13)20-12-6-4-11(5-7-12)8-9-19/h4-7,19H,3,8-9H2,1-2H3,(H2,16,17,18). The van der Waals surface area contributed by atoms with E-state index in [4.69, 9.17) is 15.6 Å². The van der Waals surface area contributed by atoms with Gasteiger partial charge in [-0.2, -0.15) is 4.98 Å². The molecule has 20 heavy (non-hydrogen) atoms. The third kappa shape index (κ3) is 3.24. The Bertz CT molecular complexity index is 582. The van der Waals surface area contributed by atoms with Gasteiger partial charge in [0.05, 0.1) is 5.56 Å². The second-order valence-electron chi connectivity index (χ2n) is 4.53. The van der Waals surface area contributed by atoms with Crippen molar-refractivity contribution in [1.82, 2.24) is 9.97 Å². The molecule has 0 bridgehead atoms. The minimum Gasteiger partial charge on any atom is -0.439 e. The van der Waals surface area contributed by atoms with Crippen molar-refractivity contribution in [2.45, 2.75) is 26.7 Å². The summed E-state index contributed by atoms with van der Waals surface area (Å²) in [7, 11) is 0. The molecule has 0 atom stereocenters. The van der Waals surface area contributed by atoms with E-state index < -0.39 is 0 Å². The molecule has 0 fully saturated rings. The Morgan fingerprint density at radius 2 is 1.90 bits per heavy atom. The lowest BCUT2D eigenvalue weighted by molar-refractivity contribution is 0.299. The van der Waals surface area contributed by atoms with Gasteiger partial charge in [0.1, 0.15) is 17.4 Å². The van der Waals surface area contributed by atoms with Gasteiger partial charge in [-0.1, -0.05) is 19.1 Å². The second kappa shape index (κ2) is 6.34. The summed E-state index contributed by atoms with van der Waals surface area (Å²) in [5.41, 5.74) is 7.66. The highest BCUT2D eigenvalue weighted by Crippen LogP contribution is 2.26. The smallest absolute Gasteiger partial charge is 0.227 e. The third-order valence-electron chi connectivity index (χ3n) is 3.04. The van der Waals surface area contributed by atoms with Crippen molar-refractivity contribution in [1.29, 1.82) is 0 Å². The molecule has 0 saturated carbocycles.